The van der Waals surface area contributed by atoms with Gasteiger partial charge in [0.2, 0.25) is 0 Å². The van der Waals surface area contributed by atoms with Crippen LogP contribution in [0.2, 0.25) is 18.1 Å². The third-order valence-corrected chi connectivity index (χ3v) is 9.62. The molecule has 0 bridgehead atoms. The van der Waals surface area contributed by atoms with E-state index in [1.54, 1.807) is 0 Å². The van der Waals surface area contributed by atoms with E-state index in [1.165, 1.54) is 5.57 Å². The molecule has 19 heavy (non-hydrogen) atoms. The molecule has 1 aliphatic rings. The first kappa shape index (κ1) is 16.9. The highest BCUT2D eigenvalue weighted by molar-refractivity contribution is 6.74. The number of aliphatic hydroxyl groups excluding tert-OH is 1. The topological polar surface area (TPSA) is 29.5 Å². The van der Waals surface area contributed by atoms with Gasteiger partial charge in [0.05, 0.1) is 6.10 Å². The van der Waals surface area contributed by atoms with Crippen LogP contribution < -0.4 is 0 Å². The second-order valence-corrected chi connectivity index (χ2v) is 13.1. The smallest absolute Gasteiger partial charge is 0.191 e. The SMILES string of the molecule is C=C1CC(C)(C)[C@@H](O)[C@H]1CCO[Si](C)(C)C(C)(C)C. The lowest BCUT2D eigenvalue weighted by Crippen LogP contribution is -2.41. The van der Waals surface area contributed by atoms with Crippen molar-refractivity contribution in [3.63, 3.8) is 0 Å². The van der Waals surface area contributed by atoms with E-state index in [4.69, 9.17) is 4.43 Å². The Morgan fingerprint density at radius 3 is 2.26 bits per heavy atom. The van der Waals surface area contributed by atoms with Crippen molar-refractivity contribution in [1.29, 1.82) is 0 Å². The number of hydrogen-bond donors (Lipinski definition) is 1. The van der Waals surface area contributed by atoms with Gasteiger partial charge >= 0.3 is 0 Å². The molecule has 3 heteroatoms. The van der Waals surface area contributed by atoms with Crippen LogP contribution >= 0.6 is 0 Å². The zero-order valence-corrected chi connectivity index (χ0v) is 14.8. The molecule has 1 rings (SSSR count). The van der Waals surface area contributed by atoms with Gasteiger partial charge in [0, 0.05) is 12.5 Å². The molecular weight excluding hydrogens is 252 g/mol. The normalized spacial score (nSPS) is 27.9. The molecule has 112 valence electrons. The molecule has 1 fully saturated rings. The molecule has 0 radical (unpaired) electrons. The van der Waals surface area contributed by atoms with E-state index in [0.29, 0.717) is 0 Å². The Hall–Kier alpha value is -0.123. The summed E-state index contributed by atoms with van der Waals surface area (Å²) in [6, 6.07) is 0. The monoisotopic (exact) mass is 284 g/mol. The van der Waals surface area contributed by atoms with Crippen LogP contribution in [0, 0.1) is 11.3 Å². The summed E-state index contributed by atoms with van der Waals surface area (Å²) in [6.07, 6.45) is 1.55. The summed E-state index contributed by atoms with van der Waals surface area (Å²) in [5.41, 5.74) is 1.16. The molecule has 1 saturated carbocycles. The maximum absolute atomic E-state index is 10.4. The average Bonchev–Trinajstić information content (AvgIpc) is 2.38. The van der Waals surface area contributed by atoms with E-state index in [9.17, 15) is 5.11 Å². The van der Waals surface area contributed by atoms with E-state index < -0.39 is 8.32 Å². The van der Waals surface area contributed by atoms with Crippen molar-refractivity contribution in [1.82, 2.24) is 0 Å². The highest BCUT2D eigenvalue weighted by atomic mass is 28.4. The second kappa shape index (κ2) is 5.34. The fourth-order valence-corrected chi connectivity index (χ4v) is 3.67. The summed E-state index contributed by atoms with van der Waals surface area (Å²) in [4.78, 5) is 0. The van der Waals surface area contributed by atoms with E-state index >= 15 is 0 Å². The fourth-order valence-electron chi connectivity index (χ4n) is 2.61. The lowest BCUT2D eigenvalue weighted by Gasteiger charge is -2.36. The zero-order chi connectivity index (χ0) is 15.1. The molecule has 0 saturated heterocycles. The zero-order valence-electron chi connectivity index (χ0n) is 13.8. The summed E-state index contributed by atoms with van der Waals surface area (Å²) in [6.45, 7) is 20.4. The molecule has 0 heterocycles. The quantitative estimate of drug-likeness (QED) is 0.614. The van der Waals surface area contributed by atoms with Crippen LogP contribution in [0.1, 0.15) is 47.5 Å². The Morgan fingerprint density at radius 1 is 1.37 bits per heavy atom. The fraction of sp³-hybridized carbons (Fsp3) is 0.875. The van der Waals surface area contributed by atoms with Crippen LogP contribution in [-0.2, 0) is 4.43 Å². The molecule has 1 N–H and O–H groups in total. The highest BCUT2D eigenvalue weighted by Crippen LogP contribution is 2.46. The van der Waals surface area contributed by atoms with Gasteiger partial charge in [0.15, 0.2) is 8.32 Å². The van der Waals surface area contributed by atoms with Crippen molar-refractivity contribution in [2.45, 2.75) is 71.7 Å². The predicted octanol–water partition coefficient (Wildman–Crippen LogP) is 4.36. The molecular formula is C16H32O2Si. The van der Waals surface area contributed by atoms with Crippen molar-refractivity contribution < 1.29 is 9.53 Å². The Kier molecular flexibility index (Phi) is 4.76. The van der Waals surface area contributed by atoms with E-state index in [-0.39, 0.29) is 22.5 Å². The third kappa shape index (κ3) is 3.70. The van der Waals surface area contributed by atoms with Crippen LogP contribution in [0.15, 0.2) is 12.2 Å². The molecule has 2 nitrogen and oxygen atoms in total. The van der Waals surface area contributed by atoms with E-state index in [2.05, 4.69) is 54.3 Å². The van der Waals surface area contributed by atoms with Gasteiger partial charge in [-0.3, -0.25) is 0 Å². The number of aliphatic hydroxyl groups is 1. The van der Waals surface area contributed by atoms with Crippen molar-refractivity contribution >= 4 is 8.32 Å². The van der Waals surface area contributed by atoms with Crippen molar-refractivity contribution in [2.24, 2.45) is 11.3 Å². The van der Waals surface area contributed by atoms with Crippen LogP contribution in [0.25, 0.3) is 0 Å². The lowest BCUT2D eigenvalue weighted by atomic mass is 9.86. The maximum Gasteiger partial charge on any atom is 0.191 e. The summed E-state index contributed by atoms with van der Waals surface area (Å²) < 4.78 is 6.21. The minimum Gasteiger partial charge on any atom is -0.417 e. The first-order valence-electron chi connectivity index (χ1n) is 7.38. The van der Waals surface area contributed by atoms with Gasteiger partial charge in [-0.15, -0.1) is 0 Å². The summed E-state index contributed by atoms with van der Waals surface area (Å²) in [7, 11) is -1.67. The second-order valence-electron chi connectivity index (χ2n) is 8.27. The van der Waals surface area contributed by atoms with Gasteiger partial charge in [0.1, 0.15) is 0 Å². The van der Waals surface area contributed by atoms with Gasteiger partial charge < -0.3 is 9.53 Å². The Bertz CT molecular complexity index is 339. The van der Waals surface area contributed by atoms with Gasteiger partial charge in [-0.05, 0) is 36.4 Å². The standard InChI is InChI=1S/C16H32O2Si/c1-12-11-16(5,6)14(17)13(12)9-10-18-19(7,8)15(2,3)4/h13-14,17H,1,9-11H2,2-8H3/t13-,14-/m0/s1. The molecule has 0 aromatic heterocycles. The average molecular weight is 285 g/mol. The third-order valence-electron chi connectivity index (χ3n) is 5.09. The Balaban J connectivity index is 2.53. The maximum atomic E-state index is 10.4. The van der Waals surface area contributed by atoms with Gasteiger partial charge in [-0.1, -0.05) is 46.8 Å². The predicted molar refractivity (Wildman–Crippen MR) is 84.8 cm³/mol. The Morgan fingerprint density at radius 2 is 1.89 bits per heavy atom. The molecule has 2 atom stereocenters. The van der Waals surface area contributed by atoms with Crippen molar-refractivity contribution in [3.8, 4) is 0 Å². The first-order valence-corrected chi connectivity index (χ1v) is 10.3. The van der Waals surface area contributed by atoms with Gasteiger partial charge in [-0.2, -0.15) is 0 Å². The number of rotatable bonds is 4. The van der Waals surface area contributed by atoms with Gasteiger partial charge in [0.25, 0.3) is 0 Å². The van der Waals surface area contributed by atoms with Gasteiger partial charge in [-0.25, -0.2) is 0 Å². The van der Waals surface area contributed by atoms with Crippen molar-refractivity contribution in [3.05, 3.63) is 12.2 Å². The van der Waals surface area contributed by atoms with Crippen LogP contribution in [0.3, 0.4) is 0 Å². The molecule has 0 spiro atoms. The molecule has 0 aromatic rings. The van der Waals surface area contributed by atoms with Crippen LogP contribution in [-0.4, -0.2) is 26.1 Å². The molecule has 0 aromatic carbocycles. The minimum atomic E-state index is -1.67. The minimum absolute atomic E-state index is 0.0290. The van der Waals surface area contributed by atoms with E-state index in [0.717, 1.165) is 19.4 Å². The molecule has 0 amide bonds. The molecule has 0 unspecified atom stereocenters. The first-order chi connectivity index (χ1) is 8.38. The van der Waals surface area contributed by atoms with E-state index in [1.807, 2.05) is 0 Å². The summed E-state index contributed by atoms with van der Waals surface area (Å²) in [5.74, 6) is 0.208. The summed E-state index contributed by atoms with van der Waals surface area (Å²) >= 11 is 0. The van der Waals surface area contributed by atoms with Crippen LogP contribution in [0.5, 0.6) is 0 Å². The highest BCUT2D eigenvalue weighted by Gasteiger charge is 2.43. The van der Waals surface area contributed by atoms with Crippen molar-refractivity contribution in [2.75, 3.05) is 6.61 Å². The lowest BCUT2D eigenvalue weighted by molar-refractivity contribution is 0.0410. The number of hydrogen-bond acceptors (Lipinski definition) is 2. The Labute approximate surface area is 120 Å². The van der Waals surface area contributed by atoms with Crippen LogP contribution in [0.4, 0.5) is 0 Å². The largest absolute Gasteiger partial charge is 0.417 e. The molecule has 0 aliphatic heterocycles. The molecule has 1 aliphatic carbocycles. The summed E-state index contributed by atoms with van der Waals surface area (Å²) in [5, 5.41) is 10.6.